The van der Waals surface area contributed by atoms with E-state index < -0.39 is 17.6 Å². The summed E-state index contributed by atoms with van der Waals surface area (Å²) in [6.07, 6.45) is 2.17. The molecular weight excluding hydrogens is 420 g/mol. The number of ether oxygens (including phenoxy) is 1. The molecule has 0 aliphatic carbocycles. The predicted molar refractivity (Wildman–Crippen MR) is 108 cm³/mol. The van der Waals surface area contributed by atoms with Gasteiger partial charge in [0, 0.05) is 55.7 Å². The Morgan fingerprint density at radius 2 is 2.07 bits per heavy atom. The molecule has 29 heavy (non-hydrogen) atoms. The molecule has 0 radical (unpaired) electrons. The summed E-state index contributed by atoms with van der Waals surface area (Å²) in [6, 6.07) is 2.52. The molecule has 156 valence electrons. The highest BCUT2D eigenvalue weighted by Gasteiger charge is 2.33. The normalized spacial score (nSPS) is 19.4. The standard InChI is InChI=1S/C20H22ClF2N3O2S/c1-25-15(9-17(27)24-12-4-6-28-7-5-12)16-8-11(10-26(16)20(25)29)18-14(22)3-2-13(21)19(18)23/h2-3,11-12H,4-10H2,1H3,(H,24,27). The second-order valence-electron chi connectivity index (χ2n) is 7.63. The fourth-order valence-corrected chi connectivity index (χ4v) is 4.76. The number of aromatic nitrogens is 2. The van der Waals surface area contributed by atoms with E-state index in [0.29, 0.717) is 31.0 Å². The van der Waals surface area contributed by atoms with Crippen LogP contribution in [0.3, 0.4) is 0 Å². The Morgan fingerprint density at radius 1 is 1.34 bits per heavy atom. The van der Waals surface area contributed by atoms with Gasteiger partial charge in [0.1, 0.15) is 11.6 Å². The van der Waals surface area contributed by atoms with Crippen molar-refractivity contribution in [3.05, 3.63) is 50.5 Å². The topological polar surface area (TPSA) is 48.2 Å². The molecule has 1 N–H and O–H groups in total. The Hall–Kier alpha value is -1.77. The van der Waals surface area contributed by atoms with Crippen LogP contribution in [-0.4, -0.2) is 34.3 Å². The zero-order valence-corrected chi connectivity index (χ0v) is 17.6. The van der Waals surface area contributed by atoms with E-state index in [-0.39, 0.29) is 29.0 Å². The van der Waals surface area contributed by atoms with Crippen LogP contribution < -0.4 is 5.32 Å². The molecule has 1 unspecified atom stereocenters. The molecule has 1 atom stereocenters. The molecule has 5 nitrogen and oxygen atoms in total. The van der Waals surface area contributed by atoms with Gasteiger partial charge < -0.3 is 19.2 Å². The Labute approximate surface area is 177 Å². The van der Waals surface area contributed by atoms with Crippen LogP contribution in [-0.2, 0) is 36.0 Å². The minimum absolute atomic E-state index is 0.0177. The van der Waals surface area contributed by atoms with Crippen LogP contribution in [0, 0.1) is 16.4 Å². The number of imidazole rings is 1. The summed E-state index contributed by atoms with van der Waals surface area (Å²) in [5.41, 5.74) is 1.61. The SMILES string of the molecule is Cn1c(CC(=O)NC2CCOCC2)c2n(c1=S)CC(c1c(F)ccc(Cl)c1F)C2. The molecule has 1 fully saturated rings. The molecule has 9 heteroatoms. The highest BCUT2D eigenvalue weighted by molar-refractivity contribution is 7.71. The van der Waals surface area contributed by atoms with Crippen molar-refractivity contribution in [3.8, 4) is 0 Å². The van der Waals surface area contributed by atoms with Crippen LogP contribution >= 0.6 is 23.8 Å². The maximum atomic E-state index is 14.5. The number of hydrogen-bond acceptors (Lipinski definition) is 3. The Kier molecular flexibility index (Phi) is 5.77. The summed E-state index contributed by atoms with van der Waals surface area (Å²) in [5.74, 6) is -1.84. The van der Waals surface area contributed by atoms with Gasteiger partial charge in [-0.3, -0.25) is 4.79 Å². The number of fused-ring (bicyclic) bond motifs is 1. The molecule has 0 spiro atoms. The van der Waals surface area contributed by atoms with E-state index in [1.165, 1.54) is 12.1 Å². The van der Waals surface area contributed by atoms with Gasteiger partial charge in [0.2, 0.25) is 5.91 Å². The van der Waals surface area contributed by atoms with Crippen LogP contribution in [0.15, 0.2) is 12.1 Å². The van der Waals surface area contributed by atoms with Crippen LogP contribution in [0.5, 0.6) is 0 Å². The molecule has 1 amide bonds. The first-order valence-electron chi connectivity index (χ1n) is 9.64. The van der Waals surface area contributed by atoms with E-state index in [9.17, 15) is 13.6 Å². The van der Waals surface area contributed by atoms with Crippen molar-refractivity contribution in [3.63, 3.8) is 0 Å². The van der Waals surface area contributed by atoms with Crippen LogP contribution in [0.1, 0.15) is 35.7 Å². The van der Waals surface area contributed by atoms with E-state index in [4.69, 9.17) is 28.6 Å². The lowest BCUT2D eigenvalue weighted by molar-refractivity contribution is -0.121. The summed E-state index contributed by atoms with van der Waals surface area (Å²) in [7, 11) is 1.82. The molecule has 0 saturated carbocycles. The summed E-state index contributed by atoms with van der Waals surface area (Å²) < 4.78 is 38.4. The first-order chi connectivity index (χ1) is 13.9. The number of benzene rings is 1. The van der Waals surface area contributed by atoms with Crippen molar-refractivity contribution < 1.29 is 18.3 Å². The third-order valence-corrected chi connectivity index (χ3v) is 6.61. The molecule has 1 aromatic carbocycles. The average molecular weight is 442 g/mol. The van der Waals surface area contributed by atoms with Crippen LogP contribution in [0.2, 0.25) is 5.02 Å². The van der Waals surface area contributed by atoms with Gasteiger partial charge in [-0.1, -0.05) is 11.6 Å². The fourth-order valence-electron chi connectivity index (χ4n) is 4.30. The highest BCUT2D eigenvalue weighted by Crippen LogP contribution is 2.37. The third-order valence-electron chi connectivity index (χ3n) is 5.83. The lowest BCUT2D eigenvalue weighted by atomic mass is 9.95. The van der Waals surface area contributed by atoms with Crippen molar-refractivity contribution in [2.24, 2.45) is 7.05 Å². The van der Waals surface area contributed by atoms with Gasteiger partial charge in [-0.05, 0) is 43.6 Å². The fraction of sp³-hybridized carbons (Fsp3) is 0.500. The number of nitrogens with zero attached hydrogens (tertiary/aromatic N) is 2. The first kappa shape index (κ1) is 20.5. The molecule has 0 bridgehead atoms. The van der Waals surface area contributed by atoms with Gasteiger partial charge >= 0.3 is 0 Å². The number of carbonyl (C=O) groups excluding carboxylic acids is 1. The van der Waals surface area contributed by atoms with Crippen molar-refractivity contribution in [1.82, 2.24) is 14.5 Å². The van der Waals surface area contributed by atoms with E-state index in [1.807, 2.05) is 16.2 Å². The Bertz CT molecular complexity index is 1010. The smallest absolute Gasteiger partial charge is 0.226 e. The van der Waals surface area contributed by atoms with Crippen LogP contribution in [0.4, 0.5) is 8.78 Å². The van der Waals surface area contributed by atoms with E-state index in [0.717, 1.165) is 24.2 Å². The van der Waals surface area contributed by atoms with Gasteiger partial charge in [-0.25, -0.2) is 8.78 Å². The minimum Gasteiger partial charge on any atom is -0.381 e. The average Bonchev–Trinajstić information content (AvgIpc) is 3.21. The summed E-state index contributed by atoms with van der Waals surface area (Å²) in [6.45, 7) is 1.65. The summed E-state index contributed by atoms with van der Waals surface area (Å²) >= 11 is 11.4. The second kappa shape index (κ2) is 8.16. The lowest BCUT2D eigenvalue weighted by Gasteiger charge is -2.23. The minimum atomic E-state index is -0.725. The van der Waals surface area contributed by atoms with E-state index in [2.05, 4.69) is 5.32 Å². The molecule has 4 rings (SSSR count). The number of halogens is 3. The van der Waals surface area contributed by atoms with E-state index >= 15 is 0 Å². The van der Waals surface area contributed by atoms with Gasteiger partial charge in [-0.15, -0.1) is 0 Å². The maximum Gasteiger partial charge on any atom is 0.226 e. The summed E-state index contributed by atoms with van der Waals surface area (Å²) in [4.78, 5) is 12.6. The van der Waals surface area contributed by atoms with Crippen molar-refractivity contribution in [2.75, 3.05) is 13.2 Å². The molecule has 2 aliphatic rings. The van der Waals surface area contributed by atoms with Crippen molar-refractivity contribution >= 4 is 29.7 Å². The second-order valence-corrected chi connectivity index (χ2v) is 8.41. The molecule has 1 aromatic heterocycles. The molecule has 2 aromatic rings. The number of rotatable bonds is 4. The zero-order chi connectivity index (χ0) is 20.7. The monoisotopic (exact) mass is 441 g/mol. The van der Waals surface area contributed by atoms with Gasteiger partial charge in [0.15, 0.2) is 4.77 Å². The van der Waals surface area contributed by atoms with Crippen molar-refractivity contribution in [1.29, 1.82) is 0 Å². The van der Waals surface area contributed by atoms with Gasteiger partial charge in [-0.2, -0.15) is 0 Å². The highest BCUT2D eigenvalue weighted by atomic mass is 35.5. The summed E-state index contributed by atoms with van der Waals surface area (Å²) in [5, 5.41) is 2.95. The predicted octanol–water partition coefficient (Wildman–Crippen LogP) is 3.67. The zero-order valence-electron chi connectivity index (χ0n) is 16.0. The molecule has 1 saturated heterocycles. The van der Waals surface area contributed by atoms with Gasteiger partial charge in [0.05, 0.1) is 11.4 Å². The quantitative estimate of drug-likeness (QED) is 0.581. The molecule has 3 heterocycles. The third kappa shape index (κ3) is 3.85. The molecular formula is C20H22ClF2N3O2S. The van der Waals surface area contributed by atoms with Gasteiger partial charge in [0.25, 0.3) is 0 Å². The van der Waals surface area contributed by atoms with E-state index in [1.54, 1.807) is 0 Å². The Balaban J connectivity index is 1.57. The number of hydrogen-bond donors (Lipinski definition) is 1. The van der Waals surface area contributed by atoms with Crippen LogP contribution in [0.25, 0.3) is 0 Å². The number of amides is 1. The maximum absolute atomic E-state index is 14.5. The molecule has 2 aliphatic heterocycles. The number of nitrogens with one attached hydrogen (secondary N) is 1. The number of carbonyl (C=O) groups is 1. The van der Waals surface area contributed by atoms with Crippen molar-refractivity contribution in [2.45, 2.75) is 44.2 Å². The lowest BCUT2D eigenvalue weighted by Crippen LogP contribution is -2.40. The Morgan fingerprint density at radius 3 is 2.79 bits per heavy atom. The first-order valence-corrected chi connectivity index (χ1v) is 10.4. The largest absolute Gasteiger partial charge is 0.381 e.